The van der Waals surface area contributed by atoms with E-state index in [9.17, 15) is 4.79 Å². The van der Waals surface area contributed by atoms with Crippen LogP contribution in [0.1, 0.15) is 13.3 Å². The number of hydrogen-bond acceptors (Lipinski definition) is 3. The molecule has 2 atom stereocenters. The Hall–Kier alpha value is -0.320. The summed E-state index contributed by atoms with van der Waals surface area (Å²) in [6.45, 7) is 2.43. The van der Waals surface area contributed by atoms with E-state index in [0.29, 0.717) is 13.0 Å². The minimum atomic E-state index is -0.0313. The van der Waals surface area contributed by atoms with Gasteiger partial charge in [-0.25, -0.2) is 0 Å². The largest absolute Gasteiger partial charge is 0.339 e. The molecule has 1 amide bonds. The lowest BCUT2D eigenvalue weighted by molar-refractivity contribution is -0.124. The molecule has 1 fully saturated rings. The highest BCUT2D eigenvalue weighted by atomic mass is 35.5. The van der Waals surface area contributed by atoms with Crippen LogP contribution in [0.15, 0.2) is 0 Å². The normalized spacial score (nSPS) is 30.5. The van der Waals surface area contributed by atoms with E-state index in [2.05, 4.69) is 10.6 Å². The summed E-state index contributed by atoms with van der Waals surface area (Å²) in [5.74, 6) is 0.0849. The molecule has 1 saturated heterocycles. The van der Waals surface area contributed by atoms with Crippen LogP contribution in [0.4, 0.5) is 0 Å². The van der Waals surface area contributed by atoms with E-state index in [1.807, 2.05) is 6.92 Å². The van der Waals surface area contributed by atoms with Crippen LogP contribution >= 0.6 is 12.4 Å². The molecule has 0 saturated carbocycles. The lowest BCUT2D eigenvalue weighted by atomic mass is 10.1. The van der Waals surface area contributed by atoms with Gasteiger partial charge in [0.15, 0.2) is 0 Å². The fraction of sp³-hybridized carbons (Fsp3) is 0.833. The number of rotatable bonds is 1. The van der Waals surface area contributed by atoms with Crippen LogP contribution in [0.3, 0.4) is 0 Å². The van der Waals surface area contributed by atoms with Gasteiger partial charge in [0.05, 0.1) is 6.17 Å². The average Bonchev–Trinajstić information content (AvgIpc) is 1.85. The maximum atomic E-state index is 10.8. The molecular weight excluding hydrogens is 166 g/mol. The van der Waals surface area contributed by atoms with Crippen molar-refractivity contribution in [2.24, 2.45) is 5.73 Å². The summed E-state index contributed by atoms with van der Waals surface area (Å²) in [6, 6.07) is 0.252. The quantitative estimate of drug-likeness (QED) is 0.494. The Morgan fingerprint density at radius 1 is 1.73 bits per heavy atom. The summed E-state index contributed by atoms with van der Waals surface area (Å²) < 4.78 is 0. The van der Waals surface area contributed by atoms with Crippen molar-refractivity contribution >= 4 is 18.3 Å². The van der Waals surface area contributed by atoms with Crippen molar-refractivity contribution in [2.75, 3.05) is 6.54 Å². The van der Waals surface area contributed by atoms with E-state index in [-0.39, 0.29) is 30.5 Å². The molecule has 4 nitrogen and oxygen atoms in total. The summed E-state index contributed by atoms with van der Waals surface area (Å²) >= 11 is 0. The maximum Gasteiger partial charge on any atom is 0.222 e. The number of halogens is 1. The van der Waals surface area contributed by atoms with Crippen LogP contribution in [0.25, 0.3) is 0 Å². The molecule has 11 heavy (non-hydrogen) atoms. The molecule has 4 N–H and O–H groups in total. The van der Waals surface area contributed by atoms with Crippen LogP contribution in [0.2, 0.25) is 0 Å². The molecule has 2 unspecified atom stereocenters. The van der Waals surface area contributed by atoms with Gasteiger partial charge in [-0.05, 0) is 6.92 Å². The summed E-state index contributed by atoms with van der Waals surface area (Å²) in [7, 11) is 0. The Balaban J connectivity index is 0.000001000. The van der Waals surface area contributed by atoms with Gasteiger partial charge in [0.25, 0.3) is 0 Å². The Morgan fingerprint density at radius 2 is 2.36 bits per heavy atom. The van der Waals surface area contributed by atoms with Crippen molar-refractivity contribution < 1.29 is 4.79 Å². The molecule has 0 radical (unpaired) electrons. The van der Waals surface area contributed by atoms with Crippen molar-refractivity contribution in [1.29, 1.82) is 0 Å². The van der Waals surface area contributed by atoms with Crippen LogP contribution in [-0.4, -0.2) is 24.7 Å². The Bertz CT molecular complexity index is 142. The van der Waals surface area contributed by atoms with Crippen LogP contribution in [-0.2, 0) is 4.79 Å². The monoisotopic (exact) mass is 179 g/mol. The van der Waals surface area contributed by atoms with Crippen molar-refractivity contribution in [3.05, 3.63) is 0 Å². The molecule has 0 aromatic rings. The SMILES string of the molecule is CC1CC(=O)NC(CN)N1.Cl. The van der Waals surface area contributed by atoms with Crippen molar-refractivity contribution in [2.45, 2.75) is 25.6 Å². The van der Waals surface area contributed by atoms with Crippen molar-refractivity contribution in [3.8, 4) is 0 Å². The third-order valence-corrected chi connectivity index (χ3v) is 1.55. The molecule has 0 aromatic carbocycles. The van der Waals surface area contributed by atoms with Gasteiger partial charge in [-0.2, -0.15) is 0 Å². The molecular formula is C6H14ClN3O. The third kappa shape index (κ3) is 3.05. The summed E-state index contributed by atoms with van der Waals surface area (Å²) in [4.78, 5) is 10.8. The van der Waals surface area contributed by atoms with E-state index in [4.69, 9.17) is 5.73 Å². The molecule has 0 aromatic heterocycles. The van der Waals surface area contributed by atoms with Gasteiger partial charge in [-0.15, -0.1) is 12.4 Å². The van der Waals surface area contributed by atoms with E-state index >= 15 is 0 Å². The van der Waals surface area contributed by atoms with Gasteiger partial charge < -0.3 is 11.1 Å². The lowest BCUT2D eigenvalue weighted by Gasteiger charge is -2.28. The molecule has 1 aliphatic heterocycles. The Kier molecular flexibility index (Phi) is 4.40. The first-order valence-electron chi connectivity index (χ1n) is 3.48. The number of nitrogens with two attached hydrogens (primary N) is 1. The second-order valence-corrected chi connectivity index (χ2v) is 2.63. The molecule has 5 heteroatoms. The number of hydrogen-bond donors (Lipinski definition) is 3. The average molecular weight is 180 g/mol. The fourth-order valence-electron chi connectivity index (χ4n) is 1.10. The van der Waals surface area contributed by atoms with Crippen LogP contribution in [0, 0.1) is 0 Å². The standard InChI is InChI=1S/C6H13N3O.ClH/c1-4-2-6(10)9-5(3-7)8-4;/h4-5,8H,2-3,7H2,1H3,(H,9,10);1H. The zero-order valence-corrected chi connectivity index (χ0v) is 7.28. The van der Waals surface area contributed by atoms with Gasteiger partial charge in [-0.3, -0.25) is 10.1 Å². The second kappa shape index (κ2) is 4.54. The van der Waals surface area contributed by atoms with E-state index < -0.39 is 0 Å². The van der Waals surface area contributed by atoms with Crippen molar-refractivity contribution in [1.82, 2.24) is 10.6 Å². The number of amides is 1. The van der Waals surface area contributed by atoms with Crippen LogP contribution in [0.5, 0.6) is 0 Å². The summed E-state index contributed by atoms with van der Waals surface area (Å²) in [6.07, 6.45) is 0.521. The molecule has 1 rings (SSSR count). The van der Waals surface area contributed by atoms with Gasteiger partial charge in [0.2, 0.25) is 5.91 Å². The summed E-state index contributed by atoms with van der Waals surface area (Å²) in [5, 5.41) is 5.86. The van der Waals surface area contributed by atoms with Crippen LogP contribution < -0.4 is 16.4 Å². The zero-order valence-electron chi connectivity index (χ0n) is 6.46. The van der Waals surface area contributed by atoms with E-state index in [1.54, 1.807) is 0 Å². The first-order chi connectivity index (χ1) is 4.72. The number of nitrogens with one attached hydrogen (secondary N) is 2. The lowest BCUT2D eigenvalue weighted by Crippen LogP contribution is -2.58. The molecule has 0 aliphatic carbocycles. The molecule has 66 valence electrons. The maximum absolute atomic E-state index is 10.8. The molecule has 0 bridgehead atoms. The first-order valence-corrected chi connectivity index (χ1v) is 3.48. The smallest absolute Gasteiger partial charge is 0.222 e. The predicted molar refractivity (Wildman–Crippen MR) is 45.4 cm³/mol. The highest BCUT2D eigenvalue weighted by Crippen LogP contribution is 1.97. The third-order valence-electron chi connectivity index (χ3n) is 1.55. The first kappa shape index (κ1) is 10.7. The number of carbonyl (C=O) groups excluding carboxylic acids is 1. The highest BCUT2D eigenvalue weighted by molar-refractivity contribution is 5.85. The fourth-order valence-corrected chi connectivity index (χ4v) is 1.10. The van der Waals surface area contributed by atoms with E-state index in [1.165, 1.54) is 0 Å². The topological polar surface area (TPSA) is 67.2 Å². The predicted octanol–water partition coefficient (Wildman–Crippen LogP) is -0.809. The van der Waals surface area contributed by atoms with Gasteiger partial charge >= 0.3 is 0 Å². The Labute approximate surface area is 72.3 Å². The zero-order chi connectivity index (χ0) is 7.56. The summed E-state index contributed by atoms with van der Waals surface area (Å²) in [5.41, 5.74) is 5.35. The van der Waals surface area contributed by atoms with Gasteiger partial charge in [0, 0.05) is 19.0 Å². The van der Waals surface area contributed by atoms with E-state index in [0.717, 1.165) is 0 Å². The van der Waals surface area contributed by atoms with Crippen molar-refractivity contribution in [3.63, 3.8) is 0 Å². The second-order valence-electron chi connectivity index (χ2n) is 2.63. The minimum absolute atomic E-state index is 0. The minimum Gasteiger partial charge on any atom is -0.339 e. The number of carbonyl (C=O) groups is 1. The molecule has 1 heterocycles. The molecule has 0 spiro atoms. The van der Waals surface area contributed by atoms with Gasteiger partial charge in [-0.1, -0.05) is 0 Å². The Morgan fingerprint density at radius 3 is 2.82 bits per heavy atom. The van der Waals surface area contributed by atoms with Gasteiger partial charge in [0.1, 0.15) is 0 Å². The molecule has 1 aliphatic rings. The highest BCUT2D eigenvalue weighted by Gasteiger charge is 2.20.